The van der Waals surface area contributed by atoms with Gasteiger partial charge in [-0.3, -0.25) is 4.90 Å². The number of ether oxygens (including phenoxy) is 3. The van der Waals surface area contributed by atoms with E-state index in [0.717, 1.165) is 69.0 Å². The maximum atomic E-state index is 5.41. The molecule has 1 aromatic rings. The fourth-order valence-corrected chi connectivity index (χ4v) is 3.05. The van der Waals surface area contributed by atoms with Gasteiger partial charge in [0.1, 0.15) is 0 Å². The molecule has 7 nitrogen and oxygen atoms in total. The largest absolute Gasteiger partial charge is 0.493 e. The van der Waals surface area contributed by atoms with Crippen LogP contribution in [0.25, 0.3) is 0 Å². The lowest BCUT2D eigenvalue weighted by molar-refractivity contribution is 0.0320. The van der Waals surface area contributed by atoms with Crippen molar-refractivity contribution in [2.24, 2.45) is 10.9 Å². The Morgan fingerprint density at radius 1 is 1.19 bits per heavy atom. The summed E-state index contributed by atoms with van der Waals surface area (Å²) in [5.41, 5.74) is 1.08. The van der Waals surface area contributed by atoms with E-state index in [1.165, 1.54) is 0 Å². The number of morpholine rings is 1. The second-order valence-corrected chi connectivity index (χ2v) is 6.78. The van der Waals surface area contributed by atoms with Crippen molar-refractivity contribution in [3.8, 4) is 11.5 Å². The van der Waals surface area contributed by atoms with E-state index in [0.29, 0.717) is 12.5 Å². The van der Waals surface area contributed by atoms with Crippen LogP contribution in [0.3, 0.4) is 0 Å². The Kier molecular flexibility index (Phi) is 9.21. The van der Waals surface area contributed by atoms with Gasteiger partial charge in [0.05, 0.1) is 34.0 Å². The van der Waals surface area contributed by atoms with Gasteiger partial charge in [-0.1, -0.05) is 13.0 Å². The van der Waals surface area contributed by atoms with Crippen LogP contribution < -0.4 is 20.1 Å². The summed E-state index contributed by atoms with van der Waals surface area (Å²) in [7, 11) is 3.29. The molecular weight excluding hydrogens is 344 g/mol. The maximum Gasteiger partial charge on any atom is 0.191 e. The number of nitrogens with zero attached hydrogens (tertiary/aromatic N) is 2. The molecule has 0 amide bonds. The molecule has 2 rings (SSSR count). The topological polar surface area (TPSA) is 67.4 Å². The summed E-state index contributed by atoms with van der Waals surface area (Å²) >= 11 is 0. The van der Waals surface area contributed by atoms with E-state index in [-0.39, 0.29) is 0 Å². The van der Waals surface area contributed by atoms with E-state index in [4.69, 9.17) is 19.2 Å². The Morgan fingerprint density at radius 3 is 2.59 bits per heavy atom. The average molecular weight is 379 g/mol. The first-order valence-electron chi connectivity index (χ1n) is 9.69. The monoisotopic (exact) mass is 378 g/mol. The molecule has 1 aliphatic rings. The fourth-order valence-electron chi connectivity index (χ4n) is 3.05. The highest BCUT2D eigenvalue weighted by atomic mass is 16.5. The van der Waals surface area contributed by atoms with Gasteiger partial charge in [-0.25, -0.2) is 4.99 Å². The third kappa shape index (κ3) is 7.27. The van der Waals surface area contributed by atoms with Crippen LogP contribution in [0.4, 0.5) is 0 Å². The lowest BCUT2D eigenvalue weighted by Gasteiger charge is -2.29. The Hall–Kier alpha value is -1.99. The average Bonchev–Trinajstić information content (AvgIpc) is 2.70. The Labute approximate surface area is 163 Å². The van der Waals surface area contributed by atoms with E-state index >= 15 is 0 Å². The summed E-state index contributed by atoms with van der Waals surface area (Å²) in [5, 5.41) is 6.77. The van der Waals surface area contributed by atoms with Crippen molar-refractivity contribution >= 4 is 5.96 Å². The van der Waals surface area contributed by atoms with Crippen LogP contribution in [-0.2, 0) is 11.3 Å². The molecule has 0 bridgehead atoms. The highest BCUT2D eigenvalue weighted by Gasteiger charge is 2.14. The van der Waals surface area contributed by atoms with Gasteiger partial charge in [-0.05, 0) is 30.5 Å². The molecule has 1 aromatic carbocycles. The Bertz CT molecular complexity index is 589. The van der Waals surface area contributed by atoms with Crippen molar-refractivity contribution in [3.63, 3.8) is 0 Å². The number of rotatable bonds is 9. The molecule has 0 aromatic heterocycles. The van der Waals surface area contributed by atoms with Gasteiger partial charge in [0, 0.05) is 32.7 Å². The van der Waals surface area contributed by atoms with Crippen molar-refractivity contribution in [3.05, 3.63) is 23.8 Å². The van der Waals surface area contributed by atoms with Gasteiger partial charge in [-0.2, -0.15) is 0 Å². The summed E-state index contributed by atoms with van der Waals surface area (Å²) in [6.07, 6.45) is 0. The number of hydrogen-bond donors (Lipinski definition) is 2. The Morgan fingerprint density at radius 2 is 1.93 bits per heavy atom. The molecule has 1 unspecified atom stereocenters. The number of nitrogens with one attached hydrogen (secondary N) is 2. The molecule has 27 heavy (non-hydrogen) atoms. The molecule has 152 valence electrons. The van der Waals surface area contributed by atoms with E-state index in [9.17, 15) is 0 Å². The van der Waals surface area contributed by atoms with Gasteiger partial charge in [-0.15, -0.1) is 0 Å². The zero-order chi connectivity index (χ0) is 19.5. The van der Waals surface area contributed by atoms with E-state index in [2.05, 4.69) is 29.4 Å². The number of benzene rings is 1. The predicted octanol–water partition coefficient (Wildman–Crippen LogP) is 1.73. The molecule has 1 aliphatic heterocycles. The van der Waals surface area contributed by atoms with Crippen LogP contribution in [-0.4, -0.2) is 71.0 Å². The van der Waals surface area contributed by atoms with Crippen LogP contribution >= 0.6 is 0 Å². The summed E-state index contributed by atoms with van der Waals surface area (Å²) in [4.78, 5) is 7.16. The van der Waals surface area contributed by atoms with Crippen molar-refractivity contribution < 1.29 is 14.2 Å². The van der Waals surface area contributed by atoms with Gasteiger partial charge in [0.2, 0.25) is 0 Å². The van der Waals surface area contributed by atoms with Crippen LogP contribution in [0.2, 0.25) is 0 Å². The molecule has 0 radical (unpaired) electrons. The zero-order valence-electron chi connectivity index (χ0n) is 17.1. The molecule has 7 heteroatoms. The summed E-state index contributed by atoms with van der Waals surface area (Å²) in [6.45, 7) is 11.4. The first-order valence-corrected chi connectivity index (χ1v) is 9.69. The Balaban J connectivity index is 1.87. The quantitative estimate of drug-likeness (QED) is 0.504. The first-order chi connectivity index (χ1) is 13.2. The van der Waals surface area contributed by atoms with Crippen molar-refractivity contribution in [2.45, 2.75) is 20.4 Å². The normalized spacial score (nSPS) is 16.7. The number of guanidine groups is 1. The molecule has 1 heterocycles. The molecular formula is C20H34N4O3. The number of hydrogen-bond acceptors (Lipinski definition) is 5. The highest BCUT2D eigenvalue weighted by molar-refractivity contribution is 5.79. The summed E-state index contributed by atoms with van der Waals surface area (Å²) in [6, 6.07) is 5.89. The smallest absolute Gasteiger partial charge is 0.191 e. The second-order valence-electron chi connectivity index (χ2n) is 6.78. The van der Waals surface area contributed by atoms with Gasteiger partial charge in [0.25, 0.3) is 0 Å². The van der Waals surface area contributed by atoms with Gasteiger partial charge in [0.15, 0.2) is 17.5 Å². The third-order valence-electron chi connectivity index (χ3n) is 4.50. The minimum atomic E-state index is 0.535. The fraction of sp³-hybridized carbons (Fsp3) is 0.650. The maximum absolute atomic E-state index is 5.41. The summed E-state index contributed by atoms with van der Waals surface area (Å²) in [5.74, 6) is 2.82. The van der Waals surface area contributed by atoms with Gasteiger partial charge < -0.3 is 24.8 Å². The molecule has 0 aliphatic carbocycles. The third-order valence-corrected chi connectivity index (χ3v) is 4.50. The van der Waals surface area contributed by atoms with Crippen LogP contribution in [0.15, 0.2) is 23.2 Å². The number of methoxy groups -OCH3 is 2. The summed E-state index contributed by atoms with van der Waals surface area (Å²) < 4.78 is 16.1. The molecule has 1 fully saturated rings. The predicted molar refractivity (Wildman–Crippen MR) is 109 cm³/mol. The van der Waals surface area contributed by atoms with Crippen molar-refractivity contribution in [1.82, 2.24) is 15.5 Å². The lowest BCUT2D eigenvalue weighted by atomic mass is 10.1. The van der Waals surface area contributed by atoms with Crippen LogP contribution in [0.5, 0.6) is 11.5 Å². The standard InChI is InChI=1S/C20H34N4O3/c1-5-21-20(22-13-16(2)15-24-8-10-27-11-9-24)23-14-17-6-7-18(25-3)19(12-17)26-4/h6-7,12,16H,5,8-11,13-15H2,1-4H3,(H2,21,22,23). The van der Waals surface area contributed by atoms with Gasteiger partial charge >= 0.3 is 0 Å². The first kappa shape index (κ1) is 21.3. The molecule has 0 saturated carbocycles. The van der Waals surface area contributed by atoms with E-state index in [1.54, 1.807) is 14.2 Å². The second kappa shape index (κ2) is 11.7. The highest BCUT2D eigenvalue weighted by Crippen LogP contribution is 2.27. The molecule has 0 spiro atoms. The van der Waals surface area contributed by atoms with E-state index < -0.39 is 0 Å². The molecule has 1 atom stereocenters. The van der Waals surface area contributed by atoms with E-state index in [1.807, 2.05) is 18.2 Å². The van der Waals surface area contributed by atoms with Crippen molar-refractivity contribution in [2.75, 3.05) is 60.2 Å². The zero-order valence-corrected chi connectivity index (χ0v) is 17.1. The minimum Gasteiger partial charge on any atom is -0.493 e. The molecule has 1 saturated heterocycles. The minimum absolute atomic E-state index is 0.535. The number of aliphatic imine (C=N–C) groups is 1. The lowest BCUT2D eigenvalue weighted by Crippen LogP contribution is -2.44. The molecule has 2 N–H and O–H groups in total. The van der Waals surface area contributed by atoms with Crippen LogP contribution in [0.1, 0.15) is 19.4 Å². The van der Waals surface area contributed by atoms with Crippen molar-refractivity contribution in [1.29, 1.82) is 0 Å². The van der Waals surface area contributed by atoms with Crippen LogP contribution in [0, 0.1) is 5.92 Å². The SMILES string of the molecule is CCNC(=NCc1ccc(OC)c(OC)c1)NCC(C)CN1CCOCC1.